The van der Waals surface area contributed by atoms with Crippen LogP contribution in [0.25, 0.3) is 11.5 Å². The van der Waals surface area contributed by atoms with Crippen molar-refractivity contribution >= 4 is 11.9 Å². The van der Waals surface area contributed by atoms with Gasteiger partial charge in [-0.2, -0.15) is 28.1 Å². The van der Waals surface area contributed by atoms with Gasteiger partial charge in [-0.1, -0.05) is 0 Å². The number of hydrogen-bond donors (Lipinski definition) is 1. The van der Waals surface area contributed by atoms with Crippen LogP contribution < -0.4 is 10.6 Å². The molecule has 2 aliphatic carbocycles. The standard InChI is InChI=1S/C20H22F7N7/c21-18(22)6-1-11(2-7-18)34(12-3-8-19(23,24)9-4-12)17-32-14(31-16(28)33-17)13-5-10-29-15(30-13)20(25,26)27/h5,10-12H,1-4,6-9H2,(H2,28,31,32,33). The van der Waals surface area contributed by atoms with Gasteiger partial charge < -0.3 is 10.6 Å². The Hall–Kier alpha value is -2.80. The van der Waals surface area contributed by atoms with E-state index in [4.69, 9.17) is 5.73 Å². The van der Waals surface area contributed by atoms with Crippen LogP contribution in [0.2, 0.25) is 0 Å². The van der Waals surface area contributed by atoms with Crippen LogP contribution in [-0.4, -0.2) is 48.8 Å². The topological polar surface area (TPSA) is 93.7 Å². The molecule has 34 heavy (non-hydrogen) atoms. The minimum Gasteiger partial charge on any atom is -0.368 e. The third-order valence-corrected chi connectivity index (χ3v) is 6.17. The van der Waals surface area contributed by atoms with Gasteiger partial charge in [-0.25, -0.2) is 27.5 Å². The summed E-state index contributed by atoms with van der Waals surface area (Å²) in [7, 11) is 0. The van der Waals surface area contributed by atoms with Crippen LogP contribution in [-0.2, 0) is 6.18 Å². The molecular weight excluding hydrogens is 471 g/mol. The van der Waals surface area contributed by atoms with Gasteiger partial charge in [0.15, 0.2) is 5.82 Å². The van der Waals surface area contributed by atoms with E-state index < -0.39 is 35.9 Å². The lowest BCUT2D eigenvalue weighted by molar-refractivity contribution is -0.144. The highest BCUT2D eigenvalue weighted by Gasteiger charge is 2.43. The summed E-state index contributed by atoms with van der Waals surface area (Å²) in [5.74, 6) is -7.67. The largest absolute Gasteiger partial charge is 0.451 e. The molecule has 0 amide bonds. The van der Waals surface area contributed by atoms with Crippen LogP contribution in [0.5, 0.6) is 0 Å². The lowest BCUT2D eigenvalue weighted by atomic mass is 9.86. The maximum absolute atomic E-state index is 13.8. The number of halogens is 7. The Morgan fingerprint density at radius 1 is 0.824 bits per heavy atom. The molecule has 2 saturated carbocycles. The summed E-state index contributed by atoms with van der Waals surface area (Å²) >= 11 is 0. The Morgan fingerprint density at radius 3 is 1.85 bits per heavy atom. The van der Waals surface area contributed by atoms with E-state index in [1.165, 1.54) is 6.07 Å². The van der Waals surface area contributed by atoms with Crippen molar-refractivity contribution in [1.82, 2.24) is 24.9 Å². The summed E-state index contributed by atoms with van der Waals surface area (Å²) in [5.41, 5.74) is 5.55. The molecule has 4 rings (SSSR count). The van der Waals surface area contributed by atoms with Crippen molar-refractivity contribution in [3.8, 4) is 11.5 Å². The first-order valence-corrected chi connectivity index (χ1v) is 10.8. The molecule has 0 unspecified atom stereocenters. The third kappa shape index (κ3) is 5.46. The van der Waals surface area contributed by atoms with Crippen molar-refractivity contribution in [2.75, 3.05) is 10.6 Å². The summed E-state index contributed by atoms with van der Waals surface area (Å²) < 4.78 is 94.3. The van der Waals surface area contributed by atoms with Crippen LogP contribution in [0, 0.1) is 0 Å². The van der Waals surface area contributed by atoms with E-state index in [2.05, 4.69) is 24.9 Å². The van der Waals surface area contributed by atoms with Crippen molar-refractivity contribution in [2.24, 2.45) is 0 Å². The van der Waals surface area contributed by atoms with Crippen molar-refractivity contribution in [2.45, 2.75) is 81.5 Å². The van der Waals surface area contributed by atoms with Crippen LogP contribution in [0.15, 0.2) is 12.3 Å². The van der Waals surface area contributed by atoms with Crippen LogP contribution in [0.3, 0.4) is 0 Å². The molecule has 0 saturated heterocycles. The van der Waals surface area contributed by atoms with Gasteiger partial charge in [0.2, 0.25) is 29.6 Å². The van der Waals surface area contributed by atoms with Gasteiger partial charge in [0.25, 0.3) is 0 Å². The predicted octanol–water partition coefficient (Wildman–Crippen LogP) is 4.89. The Balaban J connectivity index is 1.71. The maximum atomic E-state index is 13.8. The zero-order valence-electron chi connectivity index (χ0n) is 17.9. The Labute approximate surface area is 190 Å². The number of nitrogen functional groups attached to an aromatic ring is 1. The number of nitrogens with two attached hydrogens (primary N) is 1. The van der Waals surface area contributed by atoms with Gasteiger partial charge in [0.1, 0.15) is 5.69 Å². The second-order valence-corrected chi connectivity index (χ2v) is 8.66. The molecule has 7 nitrogen and oxygen atoms in total. The average Bonchev–Trinajstić information content (AvgIpc) is 2.75. The Bertz CT molecular complexity index is 983. The summed E-state index contributed by atoms with van der Waals surface area (Å²) in [6.45, 7) is 0. The fraction of sp³-hybridized carbons (Fsp3) is 0.650. The highest BCUT2D eigenvalue weighted by Crippen LogP contribution is 2.41. The van der Waals surface area contributed by atoms with Crippen LogP contribution in [0.1, 0.15) is 57.2 Å². The Morgan fingerprint density at radius 2 is 1.35 bits per heavy atom. The molecule has 2 aliphatic rings. The molecule has 0 aromatic carbocycles. The Kier molecular flexibility index (Phi) is 6.27. The third-order valence-electron chi connectivity index (χ3n) is 6.17. The van der Waals surface area contributed by atoms with Crippen molar-refractivity contribution < 1.29 is 30.7 Å². The predicted molar refractivity (Wildman–Crippen MR) is 107 cm³/mol. The number of anilines is 2. The van der Waals surface area contributed by atoms with E-state index >= 15 is 0 Å². The summed E-state index contributed by atoms with van der Waals surface area (Å²) in [6.07, 6.45) is -5.13. The van der Waals surface area contributed by atoms with Gasteiger partial charge in [0.05, 0.1) is 0 Å². The van der Waals surface area contributed by atoms with E-state index in [1.807, 2.05) is 0 Å². The van der Waals surface area contributed by atoms with Gasteiger partial charge in [-0.05, 0) is 31.7 Å². The van der Waals surface area contributed by atoms with E-state index in [0.717, 1.165) is 6.20 Å². The SMILES string of the molecule is Nc1nc(-c2ccnc(C(F)(F)F)n2)nc(N(C2CCC(F)(F)CC2)C2CCC(F)(F)CC2)n1. The quantitative estimate of drug-likeness (QED) is 0.606. The second-order valence-electron chi connectivity index (χ2n) is 8.66. The fourth-order valence-electron chi connectivity index (χ4n) is 4.46. The minimum atomic E-state index is -4.80. The second kappa shape index (κ2) is 8.77. The van der Waals surface area contributed by atoms with Gasteiger partial charge in [-0.3, -0.25) is 0 Å². The molecule has 0 bridgehead atoms. The number of aromatic nitrogens is 5. The lowest BCUT2D eigenvalue weighted by Crippen LogP contribution is -2.50. The number of hydrogen-bond acceptors (Lipinski definition) is 7. The molecule has 2 heterocycles. The first-order valence-electron chi connectivity index (χ1n) is 10.8. The average molecular weight is 493 g/mol. The number of alkyl halides is 7. The van der Waals surface area contributed by atoms with Crippen LogP contribution in [0.4, 0.5) is 42.6 Å². The molecule has 2 N–H and O–H groups in total. The van der Waals surface area contributed by atoms with Gasteiger partial charge in [0, 0.05) is 44.0 Å². The summed E-state index contributed by atoms with van der Waals surface area (Å²) in [4.78, 5) is 20.5. The number of nitrogens with zero attached hydrogens (tertiary/aromatic N) is 6. The molecule has 14 heteroatoms. The molecule has 2 fully saturated rings. The monoisotopic (exact) mass is 493 g/mol. The molecule has 0 aliphatic heterocycles. The van der Waals surface area contributed by atoms with E-state index in [0.29, 0.717) is 0 Å². The lowest BCUT2D eigenvalue weighted by Gasteiger charge is -2.43. The zero-order valence-corrected chi connectivity index (χ0v) is 17.9. The fourth-order valence-corrected chi connectivity index (χ4v) is 4.46. The number of rotatable bonds is 4. The van der Waals surface area contributed by atoms with Gasteiger partial charge >= 0.3 is 6.18 Å². The molecule has 0 radical (unpaired) electrons. The first-order chi connectivity index (χ1) is 15.8. The first kappa shape index (κ1) is 24.3. The maximum Gasteiger partial charge on any atom is 0.451 e. The van der Waals surface area contributed by atoms with Gasteiger partial charge in [-0.15, -0.1) is 0 Å². The highest BCUT2D eigenvalue weighted by atomic mass is 19.4. The minimum absolute atomic E-state index is 0.0555. The summed E-state index contributed by atoms with van der Waals surface area (Å²) in [6, 6.07) is 0.227. The van der Waals surface area contributed by atoms with Crippen molar-refractivity contribution in [1.29, 1.82) is 0 Å². The highest BCUT2D eigenvalue weighted by molar-refractivity contribution is 5.53. The molecule has 2 aromatic rings. The van der Waals surface area contributed by atoms with E-state index in [-0.39, 0.29) is 74.8 Å². The molecule has 0 atom stereocenters. The van der Waals surface area contributed by atoms with E-state index in [1.54, 1.807) is 4.90 Å². The molecule has 186 valence electrons. The van der Waals surface area contributed by atoms with Crippen molar-refractivity contribution in [3.63, 3.8) is 0 Å². The zero-order chi connectivity index (χ0) is 24.7. The summed E-state index contributed by atoms with van der Waals surface area (Å²) in [5, 5.41) is 0. The smallest absolute Gasteiger partial charge is 0.368 e. The molecule has 2 aromatic heterocycles. The van der Waals surface area contributed by atoms with E-state index in [9.17, 15) is 30.7 Å². The normalized spacial score (nSPS) is 21.4. The van der Waals surface area contributed by atoms with Crippen molar-refractivity contribution in [3.05, 3.63) is 18.1 Å². The van der Waals surface area contributed by atoms with Crippen LogP contribution >= 0.6 is 0 Å². The molecule has 0 spiro atoms. The molecular formula is C20H22F7N7.